The molecule has 0 bridgehead atoms. The highest BCUT2D eigenvalue weighted by atomic mass is 16.2. The molecule has 0 saturated carbocycles. The molecule has 3 heteroatoms. The van der Waals surface area contributed by atoms with Crippen LogP contribution in [0.15, 0.2) is 42.5 Å². The first-order valence-corrected chi connectivity index (χ1v) is 9.29. The summed E-state index contributed by atoms with van der Waals surface area (Å²) in [7, 11) is 0. The Balaban J connectivity index is 1.70. The number of carbonyl (C=O) groups is 1. The molecular weight excluding hydrogens is 296 g/mol. The van der Waals surface area contributed by atoms with E-state index in [0.717, 1.165) is 51.0 Å². The van der Waals surface area contributed by atoms with Crippen LogP contribution in [0.4, 0.5) is 0 Å². The molecule has 1 heterocycles. The average Bonchev–Trinajstić information content (AvgIpc) is 2.60. The van der Waals surface area contributed by atoms with E-state index >= 15 is 0 Å². The molecule has 3 nitrogen and oxygen atoms in total. The van der Waals surface area contributed by atoms with Gasteiger partial charge in [0.15, 0.2) is 0 Å². The zero-order valence-electron chi connectivity index (χ0n) is 15.3. The Labute approximate surface area is 147 Å². The zero-order chi connectivity index (χ0) is 17.4. The molecular formula is C21H32N2O. The van der Waals surface area contributed by atoms with Crippen molar-refractivity contribution < 1.29 is 4.79 Å². The number of hydrogen-bond acceptors (Lipinski definition) is 2. The molecule has 0 unspecified atom stereocenters. The van der Waals surface area contributed by atoms with E-state index in [2.05, 4.69) is 48.7 Å². The van der Waals surface area contributed by atoms with E-state index in [1.807, 2.05) is 11.8 Å². The predicted molar refractivity (Wildman–Crippen MR) is 101 cm³/mol. The molecule has 0 spiro atoms. The van der Waals surface area contributed by atoms with Crippen molar-refractivity contribution in [1.82, 2.24) is 9.80 Å². The Morgan fingerprint density at radius 3 is 2.50 bits per heavy atom. The average molecular weight is 328 g/mol. The first-order valence-electron chi connectivity index (χ1n) is 9.29. The maximum atomic E-state index is 12.6. The highest BCUT2D eigenvalue weighted by Crippen LogP contribution is 2.20. The minimum atomic E-state index is 0.203. The first-order chi connectivity index (χ1) is 11.6. The summed E-state index contributed by atoms with van der Waals surface area (Å²) in [6, 6.07) is 10.7. The van der Waals surface area contributed by atoms with E-state index in [1.54, 1.807) is 0 Å². The summed E-state index contributed by atoms with van der Waals surface area (Å²) in [6.07, 6.45) is 4.33. The fourth-order valence-corrected chi connectivity index (χ4v) is 3.48. The summed E-state index contributed by atoms with van der Waals surface area (Å²) in [5.74, 6) is 0.527. The standard InChI is InChI=1S/C21H32N2O/c1-4-23(17-18(2)3)21(24)20-12-15-22(16-13-20)14-8-11-19-9-6-5-7-10-19/h5-7,9-10,20H,2,4,8,11-17H2,1,3H3. The van der Waals surface area contributed by atoms with Gasteiger partial charge in [0.25, 0.3) is 0 Å². The van der Waals surface area contributed by atoms with Gasteiger partial charge in [-0.05, 0) is 64.7 Å². The van der Waals surface area contributed by atoms with Gasteiger partial charge in [-0.15, -0.1) is 0 Å². The Kier molecular flexibility index (Phi) is 7.51. The summed E-state index contributed by atoms with van der Waals surface area (Å²) in [5.41, 5.74) is 2.48. The summed E-state index contributed by atoms with van der Waals surface area (Å²) >= 11 is 0. The lowest BCUT2D eigenvalue weighted by atomic mass is 9.94. The summed E-state index contributed by atoms with van der Waals surface area (Å²) in [6.45, 7) is 12.7. The number of benzene rings is 1. The van der Waals surface area contributed by atoms with Crippen molar-refractivity contribution in [3.8, 4) is 0 Å². The third-order valence-corrected chi connectivity index (χ3v) is 4.87. The number of rotatable bonds is 8. The van der Waals surface area contributed by atoms with Gasteiger partial charge in [-0.2, -0.15) is 0 Å². The van der Waals surface area contributed by atoms with Crippen molar-refractivity contribution >= 4 is 5.91 Å². The van der Waals surface area contributed by atoms with Crippen molar-refractivity contribution in [2.24, 2.45) is 5.92 Å². The maximum absolute atomic E-state index is 12.6. The van der Waals surface area contributed by atoms with Crippen molar-refractivity contribution in [2.75, 3.05) is 32.7 Å². The minimum absolute atomic E-state index is 0.203. The third-order valence-electron chi connectivity index (χ3n) is 4.87. The van der Waals surface area contributed by atoms with Gasteiger partial charge in [0, 0.05) is 19.0 Å². The van der Waals surface area contributed by atoms with Crippen LogP contribution in [0, 0.1) is 5.92 Å². The second kappa shape index (κ2) is 9.63. The third kappa shape index (κ3) is 5.79. The van der Waals surface area contributed by atoms with Gasteiger partial charge in [0.1, 0.15) is 0 Å². The monoisotopic (exact) mass is 328 g/mol. The predicted octanol–water partition coefficient (Wildman–Crippen LogP) is 3.76. The van der Waals surface area contributed by atoms with Gasteiger partial charge in [0.2, 0.25) is 5.91 Å². The van der Waals surface area contributed by atoms with E-state index in [9.17, 15) is 4.79 Å². The first kappa shape index (κ1) is 18.7. The number of aryl methyl sites for hydroxylation is 1. The second-order valence-corrected chi connectivity index (χ2v) is 7.01. The molecule has 1 amide bonds. The van der Waals surface area contributed by atoms with E-state index in [4.69, 9.17) is 0 Å². The molecule has 1 aliphatic heterocycles. The number of piperidine rings is 1. The largest absolute Gasteiger partial charge is 0.339 e. The maximum Gasteiger partial charge on any atom is 0.226 e. The van der Waals surface area contributed by atoms with Crippen LogP contribution in [0.25, 0.3) is 0 Å². The van der Waals surface area contributed by atoms with Crippen LogP contribution in [0.3, 0.4) is 0 Å². The van der Waals surface area contributed by atoms with Crippen LogP contribution in [-0.4, -0.2) is 48.4 Å². The molecule has 132 valence electrons. The van der Waals surface area contributed by atoms with Crippen LogP contribution in [-0.2, 0) is 11.2 Å². The highest BCUT2D eigenvalue weighted by molar-refractivity contribution is 5.79. The van der Waals surface area contributed by atoms with Gasteiger partial charge in [0.05, 0.1) is 0 Å². The SMILES string of the molecule is C=C(C)CN(CC)C(=O)C1CCN(CCCc2ccccc2)CC1. The second-order valence-electron chi connectivity index (χ2n) is 7.01. The van der Waals surface area contributed by atoms with E-state index < -0.39 is 0 Å². The van der Waals surface area contributed by atoms with E-state index in [0.29, 0.717) is 12.5 Å². The topological polar surface area (TPSA) is 23.6 Å². The molecule has 1 saturated heterocycles. The lowest BCUT2D eigenvalue weighted by Gasteiger charge is -2.34. The zero-order valence-corrected chi connectivity index (χ0v) is 15.3. The fraction of sp³-hybridized carbons (Fsp3) is 0.571. The Bertz CT molecular complexity index is 518. The number of amides is 1. The summed E-state index contributed by atoms with van der Waals surface area (Å²) < 4.78 is 0. The number of hydrogen-bond donors (Lipinski definition) is 0. The molecule has 0 N–H and O–H groups in total. The van der Waals surface area contributed by atoms with Gasteiger partial charge >= 0.3 is 0 Å². The quantitative estimate of drug-likeness (QED) is 0.679. The summed E-state index contributed by atoms with van der Waals surface area (Å²) in [5, 5.41) is 0. The van der Waals surface area contributed by atoms with Crippen molar-refractivity contribution in [3.05, 3.63) is 48.0 Å². The molecule has 24 heavy (non-hydrogen) atoms. The van der Waals surface area contributed by atoms with Gasteiger partial charge in [-0.1, -0.05) is 42.5 Å². The van der Waals surface area contributed by atoms with E-state index in [-0.39, 0.29) is 5.92 Å². The van der Waals surface area contributed by atoms with Gasteiger partial charge in [-0.25, -0.2) is 0 Å². The molecule has 0 aromatic heterocycles. The lowest BCUT2D eigenvalue weighted by molar-refractivity contribution is -0.136. The van der Waals surface area contributed by atoms with Crippen LogP contribution in [0.1, 0.15) is 38.7 Å². The van der Waals surface area contributed by atoms with Crippen molar-refractivity contribution in [2.45, 2.75) is 39.5 Å². The Morgan fingerprint density at radius 2 is 1.92 bits per heavy atom. The highest BCUT2D eigenvalue weighted by Gasteiger charge is 2.27. The van der Waals surface area contributed by atoms with Crippen molar-refractivity contribution in [1.29, 1.82) is 0 Å². The Hall–Kier alpha value is -1.61. The molecule has 1 aliphatic rings. The molecule has 2 rings (SSSR count). The van der Waals surface area contributed by atoms with Crippen LogP contribution >= 0.6 is 0 Å². The van der Waals surface area contributed by atoms with Crippen molar-refractivity contribution in [3.63, 3.8) is 0 Å². The normalized spacial score (nSPS) is 16.1. The molecule has 0 atom stereocenters. The fourth-order valence-electron chi connectivity index (χ4n) is 3.48. The molecule has 0 aliphatic carbocycles. The number of likely N-dealkylation sites (N-methyl/N-ethyl adjacent to an activating group) is 1. The number of carbonyl (C=O) groups excluding carboxylic acids is 1. The van der Waals surface area contributed by atoms with Gasteiger partial charge < -0.3 is 9.80 Å². The molecule has 1 fully saturated rings. The Morgan fingerprint density at radius 1 is 1.25 bits per heavy atom. The lowest BCUT2D eigenvalue weighted by Crippen LogP contribution is -2.43. The van der Waals surface area contributed by atoms with E-state index in [1.165, 1.54) is 12.0 Å². The van der Waals surface area contributed by atoms with Crippen LogP contribution < -0.4 is 0 Å². The summed E-state index contributed by atoms with van der Waals surface area (Å²) in [4.78, 5) is 17.1. The number of likely N-dealkylation sites (tertiary alicyclic amines) is 1. The van der Waals surface area contributed by atoms with Crippen LogP contribution in [0.2, 0.25) is 0 Å². The molecule has 1 aromatic carbocycles. The van der Waals surface area contributed by atoms with Gasteiger partial charge in [-0.3, -0.25) is 4.79 Å². The minimum Gasteiger partial charge on any atom is -0.339 e. The molecule has 1 aromatic rings. The number of nitrogens with zero attached hydrogens (tertiary/aromatic N) is 2. The molecule has 0 radical (unpaired) electrons. The smallest absolute Gasteiger partial charge is 0.226 e. The van der Waals surface area contributed by atoms with Crippen LogP contribution in [0.5, 0.6) is 0 Å².